The van der Waals surface area contributed by atoms with E-state index in [-0.39, 0.29) is 13.2 Å². The second-order valence-corrected chi connectivity index (χ2v) is 4.83. The monoisotopic (exact) mass is 317 g/mol. The number of aliphatic hydroxyl groups excluding tert-OH is 2. The first-order valence-electron chi connectivity index (χ1n) is 7.12. The summed E-state index contributed by atoms with van der Waals surface area (Å²) in [6, 6.07) is 13.9. The summed E-state index contributed by atoms with van der Waals surface area (Å²) in [5.41, 5.74) is 1.06. The van der Waals surface area contributed by atoms with E-state index in [2.05, 4.69) is 10.1 Å². The van der Waals surface area contributed by atoms with Crippen molar-refractivity contribution in [3.63, 3.8) is 0 Å². The van der Waals surface area contributed by atoms with Crippen LogP contribution in [0.25, 0.3) is 0 Å². The van der Waals surface area contributed by atoms with Crippen LogP contribution in [-0.2, 0) is 4.74 Å². The van der Waals surface area contributed by atoms with Crippen LogP contribution in [-0.4, -0.2) is 42.5 Å². The van der Waals surface area contributed by atoms with Gasteiger partial charge in [-0.1, -0.05) is 18.2 Å². The zero-order chi connectivity index (χ0) is 16.7. The maximum Gasteiger partial charge on any atom is 0.337 e. The van der Waals surface area contributed by atoms with Crippen LogP contribution in [0.2, 0.25) is 0 Å². The summed E-state index contributed by atoms with van der Waals surface area (Å²) in [4.78, 5) is 11.6. The van der Waals surface area contributed by atoms with Crippen molar-refractivity contribution in [2.75, 3.05) is 25.6 Å². The van der Waals surface area contributed by atoms with E-state index in [0.717, 1.165) is 0 Å². The molecule has 2 rings (SSSR count). The fourth-order valence-corrected chi connectivity index (χ4v) is 1.93. The summed E-state index contributed by atoms with van der Waals surface area (Å²) < 4.78 is 10.5. The van der Waals surface area contributed by atoms with Gasteiger partial charge < -0.3 is 25.0 Å². The van der Waals surface area contributed by atoms with Gasteiger partial charge >= 0.3 is 5.97 Å². The number of methoxy groups -OCH3 is 1. The number of hydrogen-bond donors (Lipinski definition) is 3. The highest BCUT2D eigenvalue weighted by Crippen LogP contribution is 2.29. The topological polar surface area (TPSA) is 88.0 Å². The Morgan fingerprint density at radius 1 is 1.22 bits per heavy atom. The van der Waals surface area contributed by atoms with E-state index in [1.54, 1.807) is 36.4 Å². The Balaban J connectivity index is 2.15. The minimum atomic E-state index is -0.856. The molecule has 1 atom stereocenters. The molecule has 122 valence electrons. The SMILES string of the molecule is COC(=O)c1cccc(Oc2ccccc2NCC(O)CO)c1. The average Bonchev–Trinajstić information content (AvgIpc) is 2.60. The number of carbonyl (C=O) groups is 1. The van der Waals surface area contributed by atoms with Crippen LogP contribution in [0.5, 0.6) is 11.5 Å². The highest BCUT2D eigenvalue weighted by molar-refractivity contribution is 5.89. The van der Waals surface area contributed by atoms with Gasteiger partial charge in [-0.2, -0.15) is 0 Å². The molecule has 0 aromatic heterocycles. The molecular formula is C17H19NO5. The van der Waals surface area contributed by atoms with Gasteiger partial charge in [0.25, 0.3) is 0 Å². The van der Waals surface area contributed by atoms with Crippen LogP contribution in [0, 0.1) is 0 Å². The van der Waals surface area contributed by atoms with Crippen molar-refractivity contribution in [3.05, 3.63) is 54.1 Å². The van der Waals surface area contributed by atoms with Gasteiger partial charge in [0.05, 0.1) is 31.1 Å². The van der Waals surface area contributed by atoms with Crippen LogP contribution < -0.4 is 10.1 Å². The third kappa shape index (κ3) is 4.70. The first kappa shape index (κ1) is 16.8. The maximum absolute atomic E-state index is 11.6. The Labute approximate surface area is 134 Å². The first-order chi connectivity index (χ1) is 11.1. The van der Waals surface area contributed by atoms with Crippen LogP contribution in [0.3, 0.4) is 0 Å². The molecule has 3 N–H and O–H groups in total. The molecular weight excluding hydrogens is 298 g/mol. The van der Waals surface area contributed by atoms with E-state index < -0.39 is 12.1 Å². The van der Waals surface area contributed by atoms with E-state index in [1.165, 1.54) is 7.11 Å². The Morgan fingerprint density at radius 3 is 2.74 bits per heavy atom. The molecule has 0 amide bonds. The predicted molar refractivity (Wildman–Crippen MR) is 85.9 cm³/mol. The molecule has 0 saturated heterocycles. The molecule has 1 unspecified atom stereocenters. The van der Waals surface area contributed by atoms with Crippen molar-refractivity contribution in [1.29, 1.82) is 0 Å². The van der Waals surface area contributed by atoms with Crippen molar-refractivity contribution in [3.8, 4) is 11.5 Å². The quantitative estimate of drug-likeness (QED) is 0.677. The normalized spacial score (nSPS) is 11.6. The van der Waals surface area contributed by atoms with Gasteiger partial charge in [0.1, 0.15) is 5.75 Å². The summed E-state index contributed by atoms with van der Waals surface area (Å²) in [5.74, 6) is 0.595. The average molecular weight is 317 g/mol. The van der Waals surface area contributed by atoms with Crippen LogP contribution >= 0.6 is 0 Å². The smallest absolute Gasteiger partial charge is 0.337 e. The number of hydrogen-bond acceptors (Lipinski definition) is 6. The molecule has 2 aromatic rings. The van der Waals surface area contributed by atoms with Crippen molar-refractivity contribution < 1.29 is 24.5 Å². The Morgan fingerprint density at radius 2 is 2.00 bits per heavy atom. The molecule has 0 aliphatic heterocycles. The second-order valence-electron chi connectivity index (χ2n) is 4.83. The van der Waals surface area contributed by atoms with Crippen molar-refractivity contribution in [1.82, 2.24) is 0 Å². The largest absolute Gasteiger partial charge is 0.465 e. The Hall–Kier alpha value is -2.57. The number of nitrogens with one attached hydrogen (secondary N) is 1. The minimum Gasteiger partial charge on any atom is -0.465 e. The molecule has 0 radical (unpaired) electrons. The molecule has 6 heteroatoms. The lowest BCUT2D eigenvalue weighted by atomic mass is 10.2. The summed E-state index contributed by atoms with van der Waals surface area (Å²) in [7, 11) is 1.32. The highest BCUT2D eigenvalue weighted by Gasteiger charge is 2.09. The van der Waals surface area contributed by atoms with Crippen LogP contribution in [0.4, 0.5) is 5.69 Å². The standard InChI is InChI=1S/C17H19NO5/c1-22-17(21)12-5-4-6-14(9-12)23-16-8-3-2-7-15(16)18-10-13(20)11-19/h2-9,13,18-20H,10-11H2,1H3. The number of anilines is 1. The van der Waals surface area contributed by atoms with E-state index in [9.17, 15) is 9.90 Å². The van der Waals surface area contributed by atoms with Gasteiger partial charge in [-0.05, 0) is 30.3 Å². The molecule has 23 heavy (non-hydrogen) atoms. The molecule has 0 fully saturated rings. The third-order valence-electron chi connectivity index (χ3n) is 3.11. The van der Waals surface area contributed by atoms with Gasteiger partial charge in [0, 0.05) is 6.54 Å². The van der Waals surface area contributed by atoms with Crippen molar-refractivity contribution in [2.24, 2.45) is 0 Å². The fourth-order valence-electron chi connectivity index (χ4n) is 1.93. The van der Waals surface area contributed by atoms with Crippen molar-refractivity contribution in [2.45, 2.75) is 6.10 Å². The lowest BCUT2D eigenvalue weighted by Gasteiger charge is -2.15. The van der Waals surface area contributed by atoms with Gasteiger partial charge in [-0.15, -0.1) is 0 Å². The molecule has 2 aromatic carbocycles. The first-order valence-corrected chi connectivity index (χ1v) is 7.12. The van der Waals surface area contributed by atoms with E-state index >= 15 is 0 Å². The summed E-state index contributed by atoms with van der Waals surface area (Å²) in [6.07, 6.45) is -0.856. The second kappa shape index (κ2) is 8.17. The van der Waals surface area contributed by atoms with Gasteiger partial charge in [-0.25, -0.2) is 4.79 Å². The van der Waals surface area contributed by atoms with Crippen molar-refractivity contribution >= 4 is 11.7 Å². The number of benzene rings is 2. The Bertz CT molecular complexity index is 659. The van der Waals surface area contributed by atoms with Crippen LogP contribution in [0.1, 0.15) is 10.4 Å². The predicted octanol–water partition coefficient (Wildman–Crippen LogP) is 2.03. The summed E-state index contributed by atoms with van der Waals surface area (Å²) in [5, 5.41) is 21.3. The lowest BCUT2D eigenvalue weighted by Crippen LogP contribution is -2.23. The number of ether oxygens (including phenoxy) is 2. The Kier molecular flexibility index (Phi) is 5.96. The molecule has 0 heterocycles. The zero-order valence-corrected chi connectivity index (χ0v) is 12.7. The number of esters is 1. The van der Waals surface area contributed by atoms with E-state index in [1.807, 2.05) is 12.1 Å². The summed E-state index contributed by atoms with van der Waals surface area (Å²) >= 11 is 0. The van der Waals surface area contributed by atoms with Gasteiger partial charge in [-0.3, -0.25) is 0 Å². The summed E-state index contributed by atoms with van der Waals surface area (Å²) in [6.45, 7) is -0.129. The van der Waals surface area contributed by atoms with E-state index in [4.69, 9.17) is 9.84 Å². The number of rotatable bonds is 7. The lowest BCUT2D eigenvalue weighted by molar-refractivity contribution is 0.0600. The third-order valence-corrected chi connectivity index (χ3v) is 3.11. The number of carbonyl (C=O) groups excluding carboxylic acids is 1. The minimum absolute atomic E-state index is 0.194. The van der Waals surface area contributed by atoms with E-state index in [0.29, 0.717) is 22.7 Å². The van der Waals surface area contributed by atoms with Gasteiger partial charge in [0.15, 0.2) is 5.75 Å². The maximum atomic E-state index is 11.6. The number of para-hydroxylation sites is 2. The fraction of sp³-hybridized carbons (Fsp3) is 0.235. The molecule has 0 aliphatic rings. The highest BCUT2D eigenvalue weighted by atomic mass is 16.5. The molecule has 0 spiro atoms. The van der Waals surface area contributed by atoms with Crippen LogP contribution in [0.15, 0.2) is 48.5 Å². The number of aliphatic hydroxyl groups is 2. The molecule has 0 saturated carbocycles. The van der Waals surface area contributed by atoms with Gasteiger partial charge in [0.2, 0.25) is 0 Å². The molecule has 0 bridgehead atoms. The molecule has 6 nitrogen and oxygen atoms in total. The molecule has 0 aliphatic carbocycles. The zero-order valence-electron chi connectivity index (χ0n) is 12.7.